The fraction of sp³-hybridized carbons (Fsp3) is 0.500. The molecule has 1 rings (SSSR count). The maximum absolute atomic E-state index is 12.1. The number of carbonyl (C=O) groups excluding carboxylic acids is 1. The van der Waals surface area contributed by atoms with E-state index in [1.165, 1.54) is 11.8 Å². The third kappa shape index (κ3) is 5.10. The predicted octanol–water partition coefficient (Wildman–Crippen LogP) is 2.40. The van der Waals surface area contributed by atoms with Crippen molar-refractivity contribution in [3.8, 4) is 0 Å². The number of thioether (sulfide) groups is 1. The van der Waals surface area contributed by atoms with Crippen LogP contribution in [0.4, 0.5) is 0 Å². The summed E-state index contributed by atoms with van der Waals surface area (Å²) in [6, 6.07) is 9.98. The number of aliphatic hydroxyl groups excluding tert-OH is 1. The summed E-state index contributed by atoms with van der Waals surface area (Å²) >= 11 is 1.53. The van der Waals surface area contributed by atoms with Crippen LogP contribution in [0.1, 0.15) is 20.8 Å². The molecule has 18 heavy (non-hydrogen) atoms. The number of hydrogen-bond acceptors (Lipinski definition) is 3. The molecule has 1 amide bonds. The molecule has 1 atom stereocenters. The zero-order chi connectivity index (χ0) is 13.5. The number of hydrogen-bond donors (Lipinski definition) is 1. The van der Waals surface area contributed by atoms with Crippen LogP contribution in [0.5, 0.6) is 0 Å². The van der Waals surface area contributed by atoms with E-state index in [2.05, 4.69) is 0 Å². The third-order valence-electron chi connectivity index (χ3n) is 2.51. The average Bonchev–Trinajstić information content (AvgIpc) is 2.34. The lowest BCUT2D eigenvalue weighted by Gasteiger charge is -2.27. The molecule has 0 heterocycles. The van der Waals surface area contributed by atoms with Crippen LogP contribution >= 0.6 is 11.8 Å². The molecule has 100 valence electrons. The lowest BCUT2D eigenvalue weighted by molar-refractivity contribution is -0.131. The Morgan fingerprint density at radius 2 is 1.89 bits per heavy atom. The lowest BCUT2D eigenvalue weighted by Crippen LogP contribution is -2.42. The molecule has 0 bridgehead atoms. The maximum Gasteiger partial charge on any atom is 0.233 e. The number of aliphatic hydroxyl groups is 1. The molecule has 0 aromatic heterocycles. The zero-order valence-electron chi connectivity index (χ0n) is 11.2. The number of nitrogens with zero attached hydrogens (tertiary/aromatic N) is 1. The van der Waals surface area contributed by atoms with Gasteiger partial charge < -0.3 is 10.0 Å². The summed E-state index contributed by atoms with van der Waals surface area (Å²) in [5.41, 5.74) is 0. The molecule has 4 heteroatoms. The largest absolute Gasteiger partial charge is 0.392 e. The molecule has 1 unspecified atom stereocenters. The molecule has 0 saturated heterocycles. The molecule has 1 aromatic rings. The van der Waals surface area contributed by atoms with E-state index in [0.29, 0.717) is 12.3 Å². The van der Waals surface area contributed by atoms with E-state index >= 15 is 0 Å². The first-order valence-electron chi connectivity index (χ1n) is 6.16. The highest BCUT2D eigenvalue weighted by Crippen LogP contribution is 2.18. The van der Waals surface area contributed by atoms with Gasteiger partial charge in [0.15, 0.2) is 0 Å². The number of carbonyl (C=O) groups is 1. The van der Waals surface area contributed by atoms with Gasteiger partial charge in [0.2, 0.25) is 5.91 Å². The van der Waals surface area contributed by atoms with E-state index in [9.17, 15) is 9.90 Å². The first-order valence-corrected chi connectivity index (χ1v) is 7.14. The standard InChI is InChI=1S/C14H21NO2S/c1-11(2)15(9-12(3)16)14(17)10-18-13-7-5-4-6-8-13/h4-8,11-12,16H,9-10H2,1-3H3. The summed E-state index contributed by atoms with van der Waals surface area (Å²) in [5.74, 6) is 0.481. The van der Waals surface area contributed by atoms with E-state index < -0.39 is 6.10 Å². The van der Waals surface area contributed by atoms with Crippen LogP contribution in [0.15, 0.2) is 35.2 Å². The van der Waals surface area contributed by atoms with Gasteiger partial charge in [-0.25, -0.2) is 0 Å². The van der Waals surface area contributed by atoms with Crippen molar-refractivity contribution in [1.82, 2.24) is 4.90 Å². The van der Waals surface area contributed by atoms with Crippen LogP contribution < -0.4 is 0 Å². The minimum atomic E-state index is -0.488. The monoisotopic (exact) mass is 267 g/mol. The van der Waals surface area contributed by atoms with Gasteiger partial charge in [-0.1, -0.05) is 18.2 Å². The van der Waals surface area contributed by atoms with Crippen LogP contribution in [0.25, 0.3) is 0 Å². The van der Waals surface area contributed by atoms with Gasteiger partial charge in [-0.2, -0.15) is 0 Å². The van der Waals surface area contributed by atoms with E-state index in [-0.39, 0.29) is 11.9 Å². The average molecular weight is 267 g/mol. The smallest absolute Gasteiger partial charge is 0.233 e. The van der Waals surface area contributed by atoms with Gasteiger partial charge in [0.1, 0.15) is 0 Å². The second-order valence-electron chi connectivity index (χ2n) is 4.59. The van der Waals surface area contributed by atoms with Crippen molar-refractivity contribution in [2.45, 2.75) is 37.8 Å². The van der Waals surface area contributed by atoms with Gasteiger partial charge in [0.25, 0.3) is 0 Å². The summed E-state index contributed by atoms with van der Waals surface area (Å²) < 4.78 is 0. The number of benzene rings is 1. The molecule has 1 N–H and O–H groups in total. The minimum absolute atomic E-state index is 0.0692. The molecule has 0 spiro atoms. The molecule has 0 aliphatic carbocycles. The molecule has 1 aromatic carbocycles. The second kappa shape index (κ2) is 7.44. The Hall–Kier alpha value is -1.00. The van der Waals surface area contributed by atoms with Crippen LogP contribution in [0, 0.1) is 0 Å². The summed E-state index contributed by atoms with van der Waals surface area (Å²) in [6.45, 7) is 6.03. The van der Waals surface area contributed by atoms with E-state index in [4.69, 9.17) is 0 Å². The summed E-state index contributed by atoms with van der Waals surface area (Å²) in [5, 5.41) is 9.41. The summed E-state index contributed by atoms with van der Waals surface area (Å²) in [6.07, 6.45) is -0.488. The van der Waals surface area contributed by atoms with Crippen molar-refractivity contribution >= 4 is 17.7 Å². The fourth-order valence-corrected chi connectivity index (χ4v) is 2.44. The number of amides is 1. The predicted molar refractivity (Wildman–Crippen MR) is 75.7 cm³/mol. The third-order valence-corrected chi connectivity index (χ3v) is 3.51. The zero-order valence-corrected chi connectivity index (χ0v) is 12.0. The first kappa shape index (κ1) is 15.1. The second-order valence-corrected chi connectivity index (χ2v) is 5.64. The summed E-state index contributed by atoms with van der Waals surface area (Å²) in [7, 11) is 0. The maximum atomic E-state index is 12.1. The topological polar surface area (TPSA) is 40.5 Å². The molecule has 0 aliphatic rings. The Bertz CT molecular complexity index is 365. The normalized spacial score (nSPS) is 12.5. The molecule has 0 fully saturated rings. The Morgan fingerprint density at radius 3 is 2.39 bits per heavy atom. The van der Waals surface area contributed by atoms with Gasteiger partial charge in [-0.15, -0.1) is 11.8 Å². The fourth-order valence-electron chi connectivity index (χ4n) is 1.63. The van der Waals surface area contributed by atoms with Crippen molar-refractivity contribution in [2.24, 2.45) is 0 Å². The van der Waals surface area contributed by atoms with Crippen LogP contribution in [-0.2, 0) is 4.79 Å². The molecular formula is C14H21NO2S. The first-order chi connectivity index (χ1) is 8.50. The molecule has 0 radical (unpaired) electrons. The SMILES string of the molecule is CC(O)CN(C(=O)CSc1ccccc1)C(C)C. The molecule has 3 nitrogen and oxygen atoms in total. The van der Waals surface area contributed by atoms with Crippen molar-refractivity contribution in [3.05, 3.63) is 30.3 Å². The minimum Gasteiger partial charge on any atom is -0.392 e. The molecule has 0 aliphatic heterocycles. The van der Waals surface area contributed by atoms with E-state index in [1.54, 1.807) is 11.8 Å². The Morgan fingerprint density at radius 1 is 1.28 bits per heavy atom. The van der Waals surface area contributed by atoms with E-state index in [1.807, 2.05) is 44.2 Å². The van der Waals surface area contributed by atoms with Crippen LogP contribution in [-0.4, -0.2) is 40.4 Å². The van der Waals surface area contributed by atoms with Crippen molar-refractivity contribution in [2.75, 3.05) is 12.3 Å². The van der Waals surface area contributed by atoms with Crippen LogP contribution in [0.3, 0.4) is 0 Å². The number of rotatable bonds is 6. The van der Waals surface area contributed by atoms with Crippen molar-refractivity contribution < 1.29 is 9.90 Å². The molecular weight excluding hydrogens is 246 g/mol. The lowest BCUT2D eigenvalue weighted by atomic mass is 10.2. The highest BCUT2D eigenvalue weighted by atomic mass is 32.2. The Labute approximate surface area is 113 Å². The van der Waals surface area contributed by atoms with Crippen molar-refractivity contribution in [1.29, 1.82) is 0 Å². The Balaban J connectivity index is 2.52. The quantitative estimate of drug-likeness (QED) is 0.805. The van der Waals surface area contributed by atoms with Gasteiger partial charge >= 0.3 is 0 Å². The van der Waals surface area contributed by atoms with Gasteiger partial charge in [0.05, 0.1) is 11.9 Å². The van der Waals surface area contributed by atoms with Crippen molar-refractivity contribution in [3.63, 3.8) is 0 Å². The molecule has 0 saturated carbocycles. The van der Waals surface area contributed by atoms with Gasteiger partial charge in [-0.3, -0.25) is 4.79 Å². The summed E-state index contributed by atoms with van der Waals surface area (Å²) in [4.78, 5) is 14.9. The van der Waals surface area contributed by atoms with E-state index in [0.717, 1.165) is 4.90 Å². The highest BCUT2D eigenvalue weighted by Gasteiger charge is 2.18. The van der Waals surface area contributed by atoms with Gasteiger partial charge in [0, 0.05) is 17.5 Å². The highest BCUT2D eigenvalue weighted by molar-refractivity contribution is 8.00. The van der Waals surface area contributed by atoms with Gasteiger partial charge in [-0.05, 0) is 32.9 Å². The van der Waals surface area contributed by atoms with Crippen LogP contribution in [0.2, 0.25) is 0 Å². The Kier molecular flexibility index (Phi) is 6.22.